The van der Waals surface area contributed by atoms with Crippen molar-refractivity contribution in [2.24, 2.45) is 5.92 Å². The molecule has 3 atom stereocenters. The molecule has 7 rings (SSSR count). The Morgan fingerprint density at radius 2 is 1.63 bits per heavy atom. The van der Waals surface area contributed by atoms with Crippen molar-refractivity contribution in [3.8, 4) is 11.5 Å². The average molecular weight is 697 g/mol. The van der Waals surface area contributed by atoms with Gasteiger partial charge in [0.25, 0.3) is 0 Å². The Bertz CT molecular complexity index is 1760. The molecule has 3 aromatic carbocycles. The first-order valence-electron chi connectivity index (χ1n) is 18.7. The summed E-state index contributed by atoms with van der Waals surface area (Å²) in [5, 5.41) is 27.9. The number of aliphatic hydroxyl groups excluding tert-OH is 1. The van der Waals surface area contributed by atoms with Gasteiger partial charge in [-0.25, -0.2) is 4.79 Å². The fourth-order valence-corrected chi connectivity index (χ4v) is 7.45. The van der Waals surface area contributed by atoms with Gasteiger partial charge in [0.2, 0.25) is 5.56 Å². The number of rotatable bonds is 18. The minimum absolute atomic E-state index is 0.00889. The number of unbranched alkanes of at least 4 members (excludes halogenated alkanes) is 6. The summed E-state index contributed by atoms with van der Waals surface area (Å²) in [6, 6.07) is 23.9. The predicted octanol–water partition coefficient (Wildman–Crippen LogP) is 6.58. The van der Waals surface area contributed by atoms with Crippen LogP contribution in [-0.2, 0) is 4.74 Å². The van der Waals surface area contributed by atoms with Gasteiger partial charge in [0.1, 0.15) is 17.6 Å². The molecule has 2 bridgehead atoms. The van der Waals surface area contributed by atoms with Crippen molar-refractivity contribution < 1.29 is 24.5 Å². The number of aromatic amines is 1. The molecule has 1 unspecified atom stereocenters. The van der Waals surface area contributed by atoms with Crippen LogP contribution in [0.4, 0.5) is 4.79 Å². The largest absolute Gasteiger partial charge is 0.506 e. The molecule has 4 heterocycles. The number of aromatic hydroxyl groups is 1. The van der Waals surface area contributed by atoms with E-state index in [2.05, 4.69) is 20.5 Å². The first-order valence-corrected chi connectivity index (χ1v) is 18.7. The molecule has 3 aliphatic rings. The molecule has 1 aromatic heterocycles. The van der Waals surface area contributed by atoms with Crippen LogP contribution in [-0.4, -0.2) is 71.6 Å². The van der Waals surface area contributed by atoms with E-state index in [4.69, 9.17) is 9.47 Å². The topological polar surface area (TPSA) is 136 Å². The van der Waals surface area contributed by atoms with E-state index in [0.717, 1.165) is 88.0 Å². The van der Waals surface area contributed by atoms with Crippen LogP contribution in [0.25, 0.3) is 10.9 Å². The Hall–Kier alpha value is -4.38. The molecule has 0 saturated carbocycles. The zero-order valence-corrected chi connectivity index (χ0v) is 29.4. The van der Waals surface area contributed by atoms with E-state index in [-0.39, 0.29) is 29.5 Å². The van der Waals surface area contributed by atoms with Gasteiger partial charge in [-0.05, 0) is 92.2 Å². The van der Waals surface area contributed by atoms with Crippen LogP contribution in [0.5, 0.6) is 11.5 Å². The molecule has 0 aliphatic carbocycles. The molecule has 3 fully saturated rings. The first-order chi connectivity index (χ1) is 24.9. The summed E-state index contributed by atoms with van der Waals surface area (Å²) in [6.07, 6.45) is 8.79. The van der Waals surface area contributed by atoms with Crippen LogP contribution in [0.15, 0.2) is 83.7 Å². The lowest BCUT2D eigenvalue weighted by Gasteiger charge is -2.43. The number of phenols is 1. The van der Waals surface area contributed by atoms with Gasteiger partial charge in [-0.15, -0.1) is 0 Å². The minimum atomic E-state index is -0.742. The van der Waals surface area contributed by atoms with Gasteiger partial charge in [0.05, 0.1) is 24.3 Å². The van der Waals surface area contributed by atoms with Crippen molar-refractivity contribution in [2.75, 3.05) is 39.3 Å². The number of aliphatic hydroxyl groups is 1. The summed E-state index contributed by atoms with van der Waals surface area (Å²) < 4.78 is 12.1. The number of hydrogen-bond acceptors (Lipinski definition) is 8. The molecule has 10 heteroatoms. The van der Waals surface area contributed by atoms with Crippen LogP contribution < -0.4 is 20.9 Å². The van der Waals surface area contributed by atoms with Gasteiger partial charge >= 0.3 is 6.09 Å². The Morgan fingerprint density at radius 3 is 2.39 bits per heavy atom. The summed E-state index contributed by atoms with van der Waals surface area (Å²) in [4.78, 5) is 29.8. The molecular weight excluding hydrogens is 644 g/mol. The number of nitrogens with one attached hydrogen (secondary N) is 3. The zero-order valence-electron chi connectivity index (χ0n) is 29.4. The third-order valence-corrected chi connectivity index (χ3v) is 10.3. The van der Waals surface area contributed by atoms with Crippen molar-refractivity contribution in [2.45, 2.75) is 76.0 Å². The Labute approximate surface area is 300 Å². The lowest BCUT2D eigenvalue weighted by atomic mass is 9.86. The lowest BCUT2D eigenvalue weighted by Crippen LogP contribution is -2.52. The highest BCUT2D eigenvalue weighted by Gasteiger charge is 2.37. The SMILES string of the molecule is O=C(NC(c1ccccc1)c1cccc(OCCCCCCCCCNC[C@@H](O)c2ccc(O)c3[nH]c(=O)ccc23)c1)O[C@H]1CN2CCC1CC2. The molecular formula is C41H52N4O6. The van der Waals surface area contributed by atoms with E-state index in [1.165, 1.54) is 25.0 Å². The van der Waals surface area contributed by atoms with Gasteiger partial charge in [-0.3, -0.25) is 9.69 Å². The molecule has 0 spiro atoms. The molecule has 3 saturated heterocycles. The highest BCUT2D eigenvalue weighted by atomic mass is 16.6. The Balaban J connectivity index is 0.860. The van der Waals surface area contributed by atoms with Gasteiger partial charge in [-0.1, -0.05) is 80.6 Å². The number of aromatic nitrogens is 1. The molecule has 272 valence electrons. The van der Waals surface area contributed by atoms with Crippen LogP contribution in [0.1, 0.15) is 86.6 Å². The second-order valence-corrected chi connectivity index (χ2v) is 14.0. The zero-order chi connectivity index (χ0) is 35.4. The summed E-state index contributed by atoms with van der Waals surface area (Å²) in [6.45, 7) is 4.90. The van der Waals surface area contributed by atoms with Crippen LogP contribution >= 0.6 is 0 Å². The van der Waals surface area contributed by atoms with E-state index in [1.807, 2.05) is 54.6 Å². The number of carbonyl (C=O) groups is 1. The molecule has 1 amide bonds. The highest BCUT2D eigenvalue weighted by molar-refractivity contribution is 5.87. The van der Waals surface area contributed by atoms with Crippen LogP contribution in [0.3, 0.4) is 0 Å². The van der Waals surface area contributed by atoms with E-state index in [1.54, 1.807) is 12.1 Å². The number of piperidine rings is 3. The number of nitrogens with zero attached hydrogens (tertiary/aromatic N) is 1. The van der Waals surface area contributed by atoms with E-state index < -0.39 is 6.10 Å². The fraction of sp³-hybridized carbons (Fsp3) is 0.463. The van der Waals surface area contributed by atoms with Crippen LogP contribution in [0, 0.1) is 5.92 Å². The number of alkyl carbamates (subject to hydrolysis) is 1. The number of H-pyrrole nitrogens is 1. The third kappa shape index (κ3) is 10.1. The predicted molar refractivity (Wildman–Crippen MR) is 199 cm³/mol. The van der Waals surface area contributed by atoms with Crippen molar-refractivity contribution in [3.63, 3.8) is 0 Å². The van der Waals surface area contributed by atoms with Crippen molar-refractivity contribution >= 4 is 17.0 Å². The van der Waals surface area contributed by atoms with E-state index in [9.17, 15) is 19.8 Å². The van der Waals surface area contributed by atoms with Gasteiger partial charge in [0, 0.05) is 24.5 Å². The Kier molecular flexibility index (Phi) is 13.0. The summed E-state index contributed by atoms with van der Waals surface area (Å²) >= 11 is 0. The van der Waals surface area contributed by atoms with E-state index >= 15 is 0 Å². The summed E-state index contributed by atoms with van der Waals surface area (Å²) in [5.41, 5.74) is 2.68. The minimum Gasteiger partial charge on any atom is -0.506 e. The van der Waals surface area contributed by atoms with Crippen LogP contribution in [0.2, 0.25) is 0 Å². The van der Waals surface area contributed by atoms with Gasteiger partial charge < -0.3 is 35.3 Å². The third-order valence-electron chi connectivity index (χ3n) is 10.3. The average Bonchev–Trinajstić information content (AvgIpc) is 3.15. The number of benzene rings is 3. The highest BCUT2D eigenvalue weighted by Crippen LogP contribution is 2.31. The molecule has 0 radical (unpaired) electrons. The van der Waals surface area contributed by atoms with Gasteiger partial charge in [-0.2, -0.15) is 0 Å². The summed E-state index contributed by atoms with van der Waals surface area (Å²) in [7, 11) is 0. The fourth-order valence-electron chi connectivity index (χ4n) is 7.45. The summed E-state index contributed by atoms with van der Waals surface area (Å²) in [5.74, 6) is 1.25. The quantitative estimate of drug-likeness (QED) is 0.0737. The number of fused-ring (bicyclic) bond motifs is 4. The number of carbonyl (C=O) groups excluding carboxylic acids is 1. The maximum absolute atomic E-state index is 13.1. The van der Waals surface area contributed by atoms with Crippen molar-refractivity contribution in [1.29, 1.82) is 0 Å². The normalized spacial score (nSPS) is 19.4. The maximum atomic E-state index is 13.1. The number of hydrogen-bond donors (Lipinski definition) is 5. The van der Waals surface area contributed by atoms with Crippen molar-refractivity contribution in [3.05, 3.63) is 106 Å². The second-order valence-electron chi connectivity index (χ2n) is 14.0. The number of ether oxygens (including phenoxy) is 2. The first kappa shape index (κ1) is 36.4. The number of amides is 1. The number of pyridine rings is 1. The molecule has 10 nitrogen and oxygen atoms in total. The lowest BCUT2D eigenvalue weighted by molar-refractivity contribution is -0.0336. The van der Waals surface area contributed by atoms with E-state index in [0.29, 0.717) is 35.5 Å². The Morgan fingerprint density at radius 1 is 0.882 bits per heavy atom. The monoisotopic (exact) mass is 696 g/mol. The maximum Gasteiger partial charge on any atom is 0.408 e. The molecule has 51 heavy (non-hydrogen) atoms. The molecule has 3 aliphatic heterocycles. The molecule has 5 N–H and O–H groups in total. The molecule has 4 aromatic rings. The van der Waals surface area contributed by atoms with Gasteiger partial charge in [0.15, 0.2) is 0 Å². The smallest absolute Gasteiger partial charge is 0.408 e. The second kappa shape index (κ2) is 18.2. The van der Waals surface area contributed by atoms with Crippen molar-refractivity contribution in [1.82, 2.24) is 20.5 Å². The number of phenolic OH excluding ortho intramolecular Hbond substituents is 1. The standard InChI is InChI=1S/C41H52N4O6/c46-35-18-16-33(34-17-19-38(48)43-40(34)35)36(47)27-42-22-9-4-2-1-3-5-10-25-50-32-15-11-14-31(26-32)39(30-12-7-6-8-13-30)44-41(49)51-37-28-45-23-20-29(37)21-24-45/h6-8,11-19,26,29,36-37,39,42,46-47H,1-5,9-10,20-25,27-28H2,(H,43,48)(H,44,49)/t36-,37+,39?/m1/s1.